The van der Waals surface area contributed by atoms with Gasteiger partial charge in [-0.15, -0.1) is 0 Å². The van der Waals surface area contributed by atoms with Crippen LogP contribution in [-0.4, -0.2) is 4.98 Å². The first-order valence-electron chi connectivity index (χ1n) is 5.32. The van der Waals surface area contributed by atoms with Crippen LogP contribution in [0.5, 0.6) is 0 Å². The molecule has 0 radical (unpaired) electrons. The highest BCUT2D eigenvalue weighted by Gasteiger charge is 2.31. The molecule has 0 unspecified atom stereocenters. The molecule has 0 spiro atoms. The van der Waals surface area contributed by atoms with Gasteiger partial charge in [0.05, 0.1) is 11.3 Å². The smallest absolute Gasteiger partial charge is 0.384 e. The van der Waals surface area contributed by atoms with Crippen LogP contribution in [0.2, 0.25) is 0 Å². The monoisotopic (exact) mass is 289 g/mol. The molecule has 0 fully saturated rings. The summed E-state index contributed by atoms with van der Waals surface area (Å²) in [4.78, 5) is 3.61. The van der Waals surface area contributed by atoms with Gasteiger partial charge in [-0.05, 0) is 24.3 Å². The summed E-state index contributed by atoms with van der Waals surface area (Å²) < 4.78 is 63.9. The molecule has 0 saturated carbocycles. The van der Waals surface area contributed by atoms with Crippen LogP contribution < -0.4 is 11.1 Å². The minimum absolute atomic E-state index is 0.211. The fourth-order valence-corrected chi connectivity index (χ4v) is 1.51. The third kappa shape index (κ3) is 3.14. The highest BCUT2D eigenvalue weighted by atomic mass is 19.4. The number of nitrogen functional groups attached to an aromatic ring is 1. The van der Waals surface area contributed by atoms with Gasteiger partial charge in [-0.25, -0.2) is 13.8 Å². The van der Waals surface area contributed by atoms with Gasteiger partial charge in [0.2, 0.25) is 0 Å². The Morgan fingerprint density at radius 1 is 1.05 bits per heavy atom. The van der Waals surface area contributed by atoms with E-state index < -0.39 is 23.4 Å². The van der Waals surface area contributed by atoms with Gasteiger partial charge in [-0.3, -0.25) is 0 Å². The van der Waals surface area contributed by atoms with Crippen LogP contribution in [0.15, 0.2) is 30.3 Å². The van der Waals surface area contributed by atoms with Crippen molar-refractivity contribution in [3.63, 3.8) is 0 Å². The lowest BCUT2D eigenvalue weighted by Crippen LogP contribution is -2.08. The van der Waals surface area contributed by atoms with Crippen molar-refractivity contribution in [2.75, 3.05) is 11.1 Å². The number of nitrogens with one attached hydrogen (secondary N) is 1. The second-order valence-electron chi connectivity index (χ2n) is 3.91. The van der Waals surface area contributed by atoms with E-state index in [-0.39, 0.29) is 17.3 Å². The molecule has 8 heteroatoms. The predicted octanol–water partition coefficient (Wildman–Crippen LogP) is 3.70. The Morgan fingerprint density at radius 3 is 2.35 bits per heavy atom. The summed E-state index contributed by atoms with van der Waals surface area (Å²) >= 11 is 0. The Labute approximate surface area is 110 Å². The molecule has 1 aromatic carbocycles. The number of anilines is 3. The molecule has 0 atom stereocenters. The maximum atomic E-state index is 13.4. The van der Waals surface area contributed by atoms with Crippen molar-refractivity contribution >= 4 is 17.3 Å². The number of nitrogens with two attached hydrogens (primary N) is 1. The van der Waals surface area contributed by atoms with E-state index in [0.717, 1.165) is 12.1 Å². The summed E-state index contributed by atoms with van der Waals surface area (Å²) in [5.74, 6) is -2.42. The minimum atomic E-state index is -4.60. The van der Waals surface area contributed by atoms with Crippen LogP contribution in [0.25, 0.3) is 0 Å². The molecule has 1 aromatic heterocycles. The van der Waals surface area contributed by atoms with Gasteiger partial charge in [0.15, 0.2) is 0 Å². The molecule has 0 aliphatic rings. The molecule has 2 rings (SSSR count). The molecule has 106 valence electrons. The van der Waals surface area contributed by atoms with E-state index in [1.54, 1.807) is 0 Å². The van der Waals surface area contributed by atoms with Crippen molar-refractivity contribution < 1.29 is 22.0 Å². The van der Waals surface area contributed by atoms with E-state index in [0.29, 0.717) is 18.2 Å². The molecule has 0 amide bonds. The van der Waals surface area contributed by atoms with Gasteiger partial charge in [0, 0.05) is 6.07 Å². The summed E-state index contributed by atoms with van der Waals surface area (Å²) in [6.45, 7) is 0. The van der Waals surface area contributed by atoms with Crippen LogP contribution in [0.3, 0.4) is 0 Å². The van der Waals surface area contributed by atoms with Crippen molar-refractivity contribution in [3.8, 4) is 0 Å². The number of nitrogens with zero attached hydrogens (tertiary/aromatic N) is 1. The Bertz CT molecular complexity index is 639. The number of aromatic nitrogens is 1. The van der Waals surface area contributed by atoms with Gasteiger partial charge in [-0.1, -0.05) is 0 Å². The van der Waals surface area contributed by atoms with E-state index in [4.69, 9.17) is 5.73 Å². The van der Waals surface area contributed by atoms with Gasteiger partial charge >= 0.3 is 6.18 Å². The van der Waals surface area contributed by atoms with Gasteiger partial charge < -0.3 is 11.1 Å². The van der Waals surface area contributed by atoms with Gasteiger partial charge in [0.25, 0.3) is 0 Å². The predicted molar refractivity (Wildman–Crippen MR) is 63.3 cm³/mol. The second kappa shape index (κ2) is 4.95. The Morgan fingerprint density at radius 2 is 1.75 bits per heavy atom. The maximum Gasteiger partial charge on any atom is 0.416 e. The molecule has 0 bridgehead atoms. The zero-order valence-electron chi connectivity index (χ0n) is 9.80. The van der Waals surface area contributed by atoms with Crippen LogP contribution in [0, 0.1) is 11.6 Å². The summed E-state index contributed by atoms with van der Waals surface area (Å²) in [6, 6.07) is 3.94. The first kappa shape index (κ1) is 14.0. The fourth-order valence-electron chi connectivity index (χ4n) is 1.51. The lowest BCUT2D eigenvalue weighted by atomic mass is 10.2. The summed E-state index contributed by atoms with van der Waals surface area (Å²) in [6.07, 6.45) is -4.60. The Kier molecular flexibility index (Phi) is 3.47. The van der Waals surface area contributed by atoms with E-state index in [2.05, 4.69) is 10.3 Å². The lowest BCUT2D eigenvalue weighted by molar-refractivity contribution is -0.137. The molecular formula is C12H8F5N3. The standard InChI is InChI=1S/C12H8F5N3/c13-7-1-2-9(8(14)5-7)19-11-4-6(12(15,16)17)3-10(18)20-11/h1-5H,(H3,18,19,20). The van der Waals surface area contributed by atoms with E-state index >= 15 is 0 Å². The second-order valence-corrected chi connectivity index (χ2v) is 3.91. The van der Waals surface area contributed by atoms with Crippen molar-refractivity contribution in [1.29, 1.82) is 0 Å². The molecule has 2 aromatic rings. The van der Waals surface area contributed by atoms with Crippen molar-refractivity contribution in [3.05, 3.63) is 47.5 Å². The number of halogens is 5. The normalized spacial score (nSPS) is 11.4. The molecule has 1 heterocycles. The van der Waals surface area contributed by atoms with E-state index in [1.165, 1.54) is 0 Å². The number of hydrogen-bond donors (Lipinski definition) is 2. The first-order chi connectivity index (χ1) is 9.25. The average molecular weight is 289 g/mol. The quantitative estimate of drug-likeness (QED) is 0.829. The minimum Gasteiger partial charge on any atom is -0.384 e. The molecule has 0 aliphatic carbocycles. The molecule has 3 nitrogen and oxygen atoms in total. The molecular weight excluding hydrogens is 281 g/mol. The van der Waals surface area contributed by atoms with Crippen LogP contribution in [0.4, 0.5) is 39.3 Å². The zero-order valence-corrected chi connectivity index (χ0v) is 9.80. The Balaban J connectivity index is 2.36. The number of pyridine rings is 1. The zero-order chi connectivity index (χ0) is 14.9. The molecule has 0 saturated heterocycles. The number of hydrogen-bond acceptors (Lipinski definition) is 3. The summed E-state index contributed by atoms with van der Waals surface area (Å²) in [7, 11) is 0. The molecule has 20 heavy (non-hydrogen) atoms. The highest BCUT2D eigenvalue weighted by Crippen LogP contribution is 2.32. The highest BCUT2D eigenvalue weighted by molar-refractivity contribution is 5.59. The van der Waals surface area contributed by atoms with Crippen LogP contribution in [0.1, 0.15) is 5.56 Å². The van der Waals surface area contributed by atoms with Crippen molar-refractivity contribution in [1.82, 2.24) is 4.98 Å². The third-order valence-electron chi connectivity index (χ3n) is 2.37. The molecule has 0 aliphatic heterocycles. The number of benzene rings is 1. The van der Waals surface area contributed by atoms with Gasteiger partial charge in [-0.2, -0.15) is 13.2 Å². The summed E-state index contributed by atoms with van der Waals surface area (Å²) in [5, 5.41) is 2.32. The van der Waals surface area contributed by atoms with Crippen molar-refractivity contribution in [2.24, 2.45) is 0 Å². The SMILES string of the molecule is Nc1cc(C(F)(F)F)cc(Nc2ccc(F)cc2F)n1. The fraction of sp³-hybridized carbons (Fsp3) is 0.0833. The lowest BCUT2D eigenvalue weighted by Gasteiger charge is -2.11. The van der Waals surface area contributed by atoms with Gasteiger partial charge in [0.1, 0.15) is 23.3 Å². The maximum absolute atomic E-state index is 13.4. The van der Waals surface area contributed by atoms with Crippen LogP contribution in [-0.2, 0) is 6.18 Å². The first-order valence-corrected chi connectivity index (χ1v) is 5.32. The van der Waals surface area contributed by atoms with Crippen molar-refractivity contribution in [2.45, 2.75) is 6.18 Å². The largest absolute Gasteiger partial charge is 0.416 e. The number of rotatable bonds is 2. The molecule has 3 N–H and O–H groups in total. The van der Waals surface area contributed by atoms with Crippen LogP contribution >= 0.6 is 0 Å². The summed E-state index contributed by atoms with van der Waals surface area (Å²) in [5.41, 5.74) is 4.04. The average Bonchev–Trinajstić information content (AvgIpc) is 2.31. The Hall–Kier alpha value is -2.38. The topological polar surface area (TPSA) is 50.9 Å². The van der Waals surface area contributed by atoms with E-state index in [9.17, 15) is 22.0 Å². The van der Waals surface area contributed by atoms with E-state index in [1.807, 2.05) is 0 Å². The third-order valence-corrected chi connectivity index (χ3v) is 2.37. The number of alkyl halides is 3.